The van der Waals surface area contributed by atoms with Gasteiger partial charge in [-0.3, -0.25) is 0 Å². The Balaban J connectivity index is 4.19. The van der Waals surface area contributed by atoms with Crippen LogP contribution in [0.2, 0.25) is 0 Å². The first-order chi connectivity index (χ1) is 5.94. The summed E-state index contributed by atoms with van der Waals surface area (Å²) in [6.07, 6.45) is 5.44. The fourth-order valence-electron chi connectivity index (χ4n) is 2.71. The van der Waals surface area contributed by atoms with Crippen LogP contribution in [0.3, 0.4) is 0 Å². The molecule has 0 nitrogen and oxygen atoms in total. The SMILES string of the molecule is CCCC(CC)C(C)(C)CC(C)C. The molecule has 0 rings (SSSR count). The molecule has 0 aliphatic heterocycles. The quantitative estimate of drug-likeness (QED) is 0.551. The molecule has 0 aromatic heterocycles. The maximum absolute atomic E-state index is 2.44. The summed E-state index contributed by atoms with van der Waals surface area (Å²) < 4.78 is 0. The molecule has 0 heterocycles. The topological polar surface area (TPSA) is 0 Å². The van der Waals surface area contributed by atoms with E-state index < -0.39 is 0 Å². The van der Waals surface area contributed by atoms with E-state index in [9.17, 15) is 0 Å². The van der Waals surface area contributed by atoms with Gasteiger partial charge in [0.25, 0.3) is 0 Å². The second kappa shape index (κ2) is 5.67. The Labute approximate surface area is 85.1 Å². The highest BCUT2D eigenvalue weighted by Gasteiger charge is 2.27. The highest BCUT2D eigenvalue weighted by atomic mass is 14.3. The molecular formula is C13H28. The van der Waals surface area contributed by atoms with Gasteiger partial charge in [0, 0.05) is 0 Å². The molecule has 13 heavy (non-hydrogen) atoms. The van der Waals surface area contributed by atoms with Crippen molar-refractivity contribution >= 4 is 0 Å². The molecular weight excluding hydrogens is 156 g/mol. The van der Waals surface area contributed by atoms with Crippen LogP contribution < -0.4 is 0 Å². The third-order valence-electron chi connectivity index (χ3n) is 3.17. The van der Waals surface area contributed by atoms with Gasteiger partial charge in [0.2, 0.25) is 0 Å². The largest absolute Gasteiger partial charge is 0.0654 e. The van der Waals surface area contributed by atoms with Crippen molar-refractivity contribution in [1.82, 2.24) is 0 Å². The van der Waals surface area contributed by atoms with Crippen molar-refractivity contribution in [3.8, 4) is 0 Å². The monoisotopic (exact) mass is 184 g/mol. The number of rotatable bonds is 6. The van der Waals surface area contributed by atoms with E-state index in [4.69, 9.17) is 0 Å². The lowest BCUT2D eigenvalue weighted by Crippen LogP contribution is -2.25. The van der Waals surface area contributed by atoms with Gasteiger partial charge in [-0.1, -0.05) is 60.8 Å². The molecule has 0 radical (unpaired) electrons. The fraction of sp³-hybridized carbons (Fsp3) is 1.00. The summed E-state index contributed by atoms with van der Waals surface area (Å²) in [6.45, 7) is 14.2. The third-order valence-corrected chi connectivity index (χ3v) is 3.17. The molecule has 0 N–H and O–H groups in total. The van der Waals surface area contributed by atoms with Crippen molar-refractivity contribution < 1.29 is 0 Å². The third kappa shape index (κ3) is 4.69. The number of hydrogen-bond acceptors (Lipinski definition) is 0. The second-order valence-electron chi connectivity index (χ2n) is 5.48. The molecule has 1 unspecified atom stereocenters. The van der Waals surface area contributed by atoms with Crippen LogP contribution in [-0.2, 0) is 0 Å². The van der Waals surface area contributed by atoms with Crippen LogP contribution >= 0.6 is 0 Å². The molecule has 0 aliphatic rings. The van der Waals surface area contributed by atoms with Crippen LogP contribution in [0.15, 0.2) is 0 Å². The Kier molecular flexibility index (Phi) is 5.67. The average molecular weight is 184 g/mol. The molecule has 0 bridgehead atoms. The summed E-state index contributed by atoms with van der Waals surface area (Å²) in [5, 5.41) is 0. The van der Waals surface area contributed by atoms with E-state index in [0.29, 0.717) is 5.41 Å². The summed E-state index contributed by atoms with van der Waals surface area (Å²) >= 11 is 0. The lowest BCUT2D eigenvalue weighted by atomic mass is 9.70. The maximum Gasteiger partial charge on any atom is -0.0324 e. The zero-order valence-electron chi connectivity index (χ0n) is 10.5. The van der Waals surface area contributed by atoms with Gasteiger partial charge in [-0.2, -0.15) is 0 Å². The predicted molar refractivity (Wildman–Crippen MR) is 61.9 cm³/mol. The highest BCUT2D eigenvalue weighted by Crippen LogP contribution is 2.38. The van der Waals surface area contributed by atoms with Crippen LogP contribution in [0.4, 0.5) is 0 Å². The Morgan fingerprint density at radius 1 is 1.08 bits per heavy atom. The van der Waals surface area contributed by atoms with Crippen molar-refractivity contribution in [2.45, 2.75) is 67.2 Å². The molecule has 0 aromatic carbocycles. The molecule has 0 saturated heterocycles. The Hall–Kier alpha value is 0. The van der Waals surface area contributed by atoms with E-state index in [1.54, 1.807) is 0 Å². The van der Waals surface area contributed by atoms with Gasteiger partial charge in [0.1, 0.15) is 0 Å². The maximum atomic E-state index is 2.44. The first-order valence-corrected chi connectivity index (χ1v) is 5.94. The first-order valence-electron chi connectivity index (χ1n) is 5.94. The molecule has 0 saturated carbocycles. The molecule has 0 spiro atoms. The average Bonchev–Trinajstić information content (AvgIpc) is 1.97. The van der Waals surface area contributed by atoms with Gasteiger partial charge >= 0.3 is 0 Å². The minimum absolute atomic E-state index is 0.541. The summed E-state index contributed by atoms with van der Waals surface area (Å²) in [5.41, 5.74) is 0.541. The molecule has 0 amide bonds. The molecule has 0 aromatic rings. The van der Waals surface area contributed by atoms with E-state index in [2.05, 4.69) is 41.5 Å². The van der Waals surface area contributed by atoms with Crippen molar-refractivity contribution in [1.29, 1.82) is 0 Å². The summed E-state index contributed by atoms with van der Waals surface area (Å²) in [5.74, 6) is 1.75. The minimum atomic E-state index is 0.541. The predicted octanol–water partition coefficient (Wildman–Crippen LogP) is 4.89. The van der Waals surface area contributed by atoms with Crippen molar-refractivity contribution in [3.63, 3.8) is 0 Å². The molecule has 1 atom stereocenters. The molecule has 0 heteroatoms. The van der Waals surface area contributed by atoms with Crippen molar-refractivity contribution in [2.24, 2.45) is 17.3 Å². The smallest absolute Gasteiger partial charge is 0.0324 e. The normalized spacial score (nSPS) is 15.0. The van der Waals surface area contributed by atoms with Gasteiger partial charge < -0.3 is 0 Å². The lowest BCUT2D eigenvalue weighted by Gasteiger charge is -2.35. The summed E-state index contributed by atoms with van der Waals surface area (Å²) in [7, 11) is 0. The Morgan fingerprint density at radius 3 is 1.92 bits per heavy atom. The van der Waals surface area contributed by atoms with E-state index in [0.717, 1.165) is 11.8 Å². The van der Waals surface area contributed by atoms with Crippen LogP contribution in [0.5, 0.6) is 0 Å². The van der Waals surface area contributed by atoms with Gasteiger partial charge in [-0.05, 0) is 23.7 Å². The second-order valence-corrected chi connectivity index (χ2v) is 5.48. The summed E-state index contributed by atoms with van der Waals surface area (Å²) in [4.78, 5) is 0. The van der Waals surface area contributed by atoms with Crippen LogP contribution in [0, 0.1) is 17.3 Å². The van der Waals surface area contributed by atoms with Gasteiger partial charge in [0.05, 0.1) is 0 Å². The van der Waals surface area contributed by atoms with Crippen molar-refractivity contribution in [2.75, 3.05) is 0 Å². The van der Waals surface area contributed by atoms with E-state index >= 15 is 0 Å². The van der Waals surface area contributed by atoms with Crippen LogP contribution in [-0.4, -0.2) is 0 Å². The molecule has 80 valence electrons. The van der Waals surface area contributed by atoms with Gasteiger partial charge in [-0.25, -0.2) is 0 Å². The highest BCUT2D eigenvalue weighted by molar-refractivity contribution is 4.78. The fourth-order valence-corrected chi connectivity index (χ4v) is 2.71. The minimum Gasteiger partial charge on any atom is -0.0654 e. The van der Waals surface area contributed by atoms with Crippen LogP contribution in [0.25, 0.3) is 0 Å². The van der Waals surface area contributed by atoms with Crippen molar-refractivity contribution in [3.05, 3.63) is 0 Å². The lowest BCUT2D eigenvalue weighted by molar-refractivity contribution is 0.154. The molecule has 0 aliphatic carbocycles. The standard InChI is InChI=1S/C13H28/c1-7-9-12(8-2)13(5,6)10-11(3)4/h11-12H,7-10H2,1-6H3. The zero-order chi connectivity index (χ0) is 10.5. The summed E-state index contributed by atoms with van der Waals surface area (Å²) in [6, 6.07) is 0. The van der Waals surface area contributed by atoms with Gasteiger partial charge in [0.15, 0.2) is 0 Å². The van der Waals surface area contributed by atoms with E-state index in [1.807, 2.05) is 0 Å². The number of hydrogen-bond donors (Lipinski definition) is 0. The Morgan fingerprint density at radius 2 is 1.62 bits per heavy atom. The van der Waals surface area contributed by atoms with E-state index in [-0.39, 0.29) is 0 Å². The molecule has 0 fully saturated rings. The van der Waals surface area contributed by atoms with Gasteiger partial charge in [-0.15, -0.1) is 0 Å². The zero-order valence-corrected chi connectivity index (χ0v) is 10.5. The van der Waals surface area contributed by atoms with E-state index in [1.165, 1.54) is 25.7 Å². The first kappa shape index (κ1) is 13.0. The Bertz CT molecular complexity index is 122. The van der Waals surface area contributed by atoms with Crippen LogP contribution in [0.1, 0.15) is 67.2 Å².